The Balaban J connectivity index is 4.03. The summed E-state index contributed by atoms with van der Waals surface area (Å²) in [6.07, 6.45) is 62.1. The number of carbonyl (C=O) groups excluding carboxylic acids is 1. The van der Waals surface area contributed by atoms with Crippen LogP contribution in [0.4, 0.5) is 0 Å². The summed E-state index contributed by atoms with van der Waals surface area (Å²) in [4.78, 5) is 22.5. The predicted molar refractivity (Wildman–Crippen MR) is 256 cm³/mol. The van der Waals surface area contributed by atoms with E-state index in [2.05, 4.69) is 98.9 Å². The van der Waals surface area contributed by atoms with Crippen LogP contribution in [-0.4, -0.2) is 49.9 Å². The van der Waals surface area contributed by atoms with E-state index >= 15 is 0 Å². The largest absolute Gasteiger partial charge is 0.472 e. The third kappa shape index (κ3) is 46.7. The van der Waals surface area contributed by atoms with Gasteiger partial charge < -0.3 is 20.1 Å². The van der Waals surface area contributed by atoms with Crippen LogP contribution in [0.5, 0.6) is 0 Å². The molecule has 2 unspecified atom stereocenters. The van der Waals surface area contributed by atoms with E-state index in [0.29, 0.717) is 19.4 Å². The van der Waals surface area contributed by atoms with Crippen LogP contribution >= 0.6 is 7.82 Å². The minimum Gasteiger partial charge on any atom is -0.457 e. The highest BCUT2D eigenvalue weighted by atomic mass is 31.2. The highest BCUT2D eigenvalue weighted by molar-refractivity contribution is 7.47. The molecule has 0 aromatic rings. The number of carbonyl (C=O) groups is 1. The van der Waals surface area contributed by atoms with Crippen LogP contribution in [0.3, 0.4) is 0 Å². The molecule has 0 heterocycles. The lowest BCUT2D eigenvalue weighted by atomic mass is 10.0. The third-order valence-corrected chi connectivity index (χ3v) is 10.8. The highest BCUT2D eigenvalue weighted by Crippen LogP contribution is 2.43. The van der Waals surface area contributed by atoms with Crippen molar-refractivity contribution >= 4 is 13.8 Å². The van der Waals surface area contributed by atoms with Crippen LogP contribution in [0.2, 0.25) is 0 Å². The van der Waals surface area contributed by atoms with Crippen molar-refractivity contribution in [3.8, 4) is 0 Å². The minimum absolute atomic E-state index is 0.0581. The van der Waals surface area contributed by atoms with E-state index < -0.39 is 13.9 Å². The molecule has 0 radical (unpaired) electrons. The number of phosphoric ester groups is 1. The van der Waals surface area contributed by atoms with E-state index in [1.807, 2.05) is 0 Å². The zero-order valence-corrected chi connectivity index (χ0v) is 39.3. The number of nitrogens with two attached hydrogens (primary N) is 1. The molecule has 0 amide bonds. The van der Waals surface area contributed by atoms with Gasteiger partial charge >= 0.3 is 13.8 Å². The molecule has 0 spiro atoms. The van der Waals surface area contributed by atoms with Gasteiger partial charge in [-0.25, -0.2) is 4.57 Å². The second kappa shape index (κ2) is 47.7. The summed E-state index contributed by atoms with van der Waals surface area (Å²) in [7, 11) is -4.30. The average Bonchev–Trinajstić information content (AvgIpc) is 3.24. The molecule has 0 fully saturated rings. The van der Waals surface area contributed by atoms with Crippen molar-refractivity contribution in [3.63, 3.8) is 0 Å². The molecule has 346 valence electrons. The van der Waals surface area contributed by atoms with Crippen LogP contribution in [0.15, 0.2) is 85.1 Å². The summed E-state index contributed by atoms with van der Waals surface area (Å²) in [6, 6.07) is 0. The van der Waals surface area contributed by atoms with Crippen molar-refractivity contribution in [2.24, 2.45) is 5.73 Å². The van der Waals surface area contributed by atoms with E-state index in [0.717, 1.165) is 57.8 Å². The fourth-order valence-corrected chi connectivity index (χ4v) is 7.09. The summed E-state index contributed by atoms with van der Waals surface area (Å²) < 4.78 is 33.4. The molecule has 0 aromatic heterocycles. The molecule has 60 heavy (non-hydrogen) atoms. The van der Waals surface area contributed by atoms with Crippen molar-refractivity contribution < 1.29 is 32.8 Å². The number of allylic oxidation sites excluding steroid dienone is 13. The van der Waals surface area contributed by atoms with E-state index in [4.69, 9.17) is 24.3 Å². The molecule has 8 nitrogen and oxygen atoms in total. The predicted octanol–water partition coefficient (Wildman–Crippen LogP) is 14.9. The van der Waals surface area contributed by atoms with Crippen LogP contribution in [0, 0.1) is 0 Å². The fourth-order valence-electron chi connectivity index (χ4n) is 6.33. The average molecular weight is 860 g/mol. The summed E-state index contributed by atoms with van der Waals surface area (Å²) >= 11 is 0. The van der Waals surface area contributed by atoms with Gasteiger partial charge in [-0.05, 0) is 77.0 Å². The fraction of sp³-hybridized carbons (Fsp3) is 0.706. The van der Waals surface area contributed by atoms with Crippen molar-refractivity contribution in [2.45, 2.75) is 200 Å². The number of hydrogen-bond acceptors (Lipinski definition) is 7. The zero-order valence-electron chi connectivity index (χ0n) is 38.4. The molecule has 0 aliphatic heterocycles. The van der Waals surface area contributed by atoms with Crippen LogP contribution in [0.1, 0.15) is 194 Å². The van der Waals surface area contributed by atoms with Gasteiger partial charge in [0.25, 0.3) is 0 Å². The summed E-state index contributed by atoms with van der Waals surface area (Å²) in [5.74, 6) is -0.358. The van der Waals surface area contributed by atoms with Gasteiger partial charge in [-0.3, -0.25) is 13.8 Å². The Morgan fingerprint density at radius 2 is 0.933 bits per heavy atom. The number of esters is 1. The quantitative estimate of drug-likeness (QED) is 0.0269. The van der Waals surface area contributed by atoms with Crippen molar-refractivity contribution in [3.05, 3.63) is 85.1 Å². The molecule has 2 atom stereocenters. The van der Waals surface area contributed by atoms with E-state index in [1.165, 1.54) is 109 Å². The molecule has 3 N–H and O–H groups in total. The van der Waals surface area contributed by atoms with E-state index in [1.54, 1.807) is 0 Å². The van der Waals surface area contributed by atoms with Crippen LogP contribution < -0.4 is 5.73 Å². The molecule has 0 aliphatic carbocycles. The molecule has 0 saturated carbocycles. The summed E-state index contributed by atoms with van der Waals surface area (Å²) in [6.45, 7) is 4.56. The summed E-state index contributed by atoms with van der Waals surface area (Å²) in [5.41, 5.74) is 5.37. The molecule has 0 rings (SSSR count). The van der Waals surface area contributed by atoms with E-state index in [9.17, 15) is 14.3 Å². The first-order valence-corrected chi connectivity index (χ1v) is 25.6. The SMILES string of the molecule is CC/C=C\C/C=C\C/C=C\C/C=C\C/C=C\CCOCC(COP(=O)(O)OCCN)OC(=O)CCCCCCCCCCCCCCC/C=C\C/C=C\CCCCCCC. The van der Waals surface area contributed by atoms with Gasteiger partial charge in [-0.1, -0.05) is 195 Å². The Hall–Kier alpha value is -2.32. The van der Waals surface area contributed by atoms with Crippen molar-refractivity contribution in [1.82, 2.24) is 0 Å². The van der Waals surface area contributed by atoms with Gasteiger partial charge in [0.15, 0.2) is 0 Å². The molecule has 9 heteroatoms. The van der Waals surface area contributed by atoms with Crippen LogP contribution in [0.25, 0.3) is 0 Å². The maximum atomic E-state index is 12.6. The van der Waals surface area contributed by atoms with Gasteiger partial charge in [0.1, 0.15) is 6.10 Å². The molecule has 0 aliphatic rings. The first-order chi connectivity index (χ1) is 29.4. The lowest BCUT2D eigenvalue weighted by Gasteiger charge is -2.19. The number of rotatable bonds is 45. The second-order valence-electron chi connectivity index (χ2n) is 15.6. The topological polar surface area (TPSA) is 117 Å². The Labute approximate surface area is 368 Å². The zero-order chi connectivity index (χ0) is 43.7. The lowest BCUT2D eigenvalue weighted by molar-refractivity contribution is -0.154. The molecule has 0 bridgehead atoms. The van der Waals surface area contributed by atoms with Gasteiger partial charge in [0.05, 0.1) is 26.4 Å². The Bertz CT molecular complexity index is 1190. The van der Waals surface area contributed by atoms with Gasteiger partial charge in [0.2, 0.25) is 0 Å². The number of phosphoric acid groups is 1. The van der Waals surface area contributed by atoms with Crippen molar-refractivity contribution in [2.75, 3.05) is 33.0 Å². The molecular formula is C51H90NO7P. The Morgan fingerprint density at radius 1 is 0.517 bits per heavy atom. The number of ether oxygens (including phenoxy) is 2. The molecule has 0 aromatic carbocycles. The lowest BCUT2D eigenvalue weighted by Crippen LogP contribution is -2.28. The van der Waals surface area contributed by atoms with Crippen molar-refractivity contribution in [1.29, 1.82) is 0 Å². The normalized spacial score (nSPS) is 14.1. The van der Waals surface area contributed by atoms with E-state index in [-0.39, 0.29) is 32.3 Å². The number of hydrogen-bond donors (Lipinski definition) is 2. The second-order valence-corrected chi connectivity index (χ2v) is 17.0. The standard InChI is InChI=1S/C51H90NO7P/c1-3-5-7-9-11-13-15-17-19-21-22-23-24-25-26-27-28-29-30-32-34-36-38-40-42-44-51(53)59-50(49-58-60(54,55)57-47-45-52)48-56-46-43-41-39-37-35-33-31-20-18-16-14-12-10-8-6-4-2/h6,8,12,14-15,17-18,20-22,33,35,39,41,50H,3-5,7,9-11,13,16,19,23-32,34,36-38,40,42-49,52H2,1-2H3,(H,54,55)/b8-6-,14-12-,17-15-,20-18-,22-21-,35-33-,41-39-. The Morgan fingerprint density at radius 3 is 1.40 bits per heavy atom. The molecular weight excluding hydrogens is 770 g/mol. The smallest absolute Gasteiger partial charge is 0.457 e. The molecule has 0 saturated heterocycles. The number of unbranched alkanes of at least 4 members (excludes halogenated alkanes) is 18. The highest BCUT2D eigenvalue weighted by Gasteiger charge is 2.25. The third-order valence-electron chi connectivity index (χ3n) is 9.82. The van der Waals surface area contributed by atoms with Crippen LogP contribution in [-0.2, 0) is 27.9 Å². The Kier molecular flexibility index (Phi) is 45.9. The summed E-state index contributed by atoms with van der Waals surface area (Å²) in [5, 5.41) is 0. The van der Waals surface area contributed by atoms with Gasteiger partial charge in [0, 0.05) is 13.0 Å². The van der Waals surface area contributed by atoms with Gasteiger partial charge in [-0.2, -0.15) is 0 Å². The first-order valence-electron chi connectivity index (χ1n) is 24.1. The minimum atomic E-state index is -4.30. The van der Waals surface area contributed by atoms with Gasteiger partial charge in [-0.15, -0.1) is 0 Å². The first kappa shape index (κ1) is 57.7. The maximum Gasteiger partial charge on any atom is 0.472 e. The monoisotopic (exact) mass is 860 g/mol. The maximum absolute atomic E-state index is 12.6.